The van der Waals surface area contributed by atoms with Gasteiger partial charge in [-0.2, -0.15) is 4.68 Å². The summed E-state index contributed by atoms with van der Waals surface area (Å²) in [4.78, 5) is 12.4. The number of hydrogen-bond acceptors (Lipinski definition) is 5. The van der Waals surface area contributed by atoms with Crippen molar-refractivity contribution in [3.05, 3.63) is 65.0 Å². The molecular weight excluding hydrogens is 377 g/mol. The predicted molar refractivity (Wildman–Crippen MR) is 107 cm³/mol. The minimum absolute atomic E-state index is 0.0948. The van der Waals surface area contributed by atoms with Gasteiger partial charge in [0.15, 0.2) is 0 Å². The number of carbonyl (C=O) groups is 1. The Morgan fingerprint density at radius 3 is 2.71 bits per heavy atom. The zero-order chi connectivity index (χ0) is 20.1. The summed E-state index contributed by atoms with van der Waals surface area (Å²) in [5, 5.41) is 15.0. The van der Waals surface area contributed by atoms with Crippen LogP contribution in [0.3, 0.4) is 0 Å². The highest BCUT2D eigenvalue weighted by atomic mass is 32.2. The molecule has 1 amide bonds. The minimum Gasteiger partial charge on any atom is -0.355 e. The van der Waals surface area contributed by atoms with Gasteiger partial charge in [-0.25, -0.2) is 4.39 Å². The molecule has 0 radical (unpaired) electrons. The van der Waals surface area contributed by atoms with E-state index in [1.807, 2.05) is 39.0 Å². The predicted octanol–water partition coefficient (Wildman–Crippen LogP) is 3.26. The Bertz CT molecular complexity index is 957. The second-order valence-corrected chi connectivity index (χ2v) is 7.83. The zero-order valence-corrected chi connectivity index (χ0v) is 16.8. The van der Waals surface area contributed by atoms with Crippen molar-refractivity contribution in [2.45, 2.75) is 37.6 Å². The quantitative estimate of drug-likeness (QED) is 0.618. The maximum atomic E-state index is 12.9. The van der Waals surface area contributed by atoms with Crippen molar-refractivity contribution < 1.29 is 9.18 Å². The average Bonchev–Trinajstić information content (AvgIpc) is 3.13. The van der Waals surface area contributed by atoms with Gasteiger partial charge in [0.05, 0.1) is 10.9 Å². The van der Waals surface area contributed by atoms with Gasteiger partial charge in [-0.1, -0.05) is 36.0 Å². The van der Waals surface area contributed by atoms with Gasteiger partial charge in [-0.05, 0) is 72.5 Å². The number of nitrogens with zero attached hydrogens (tertiary/aromatic N) is 4. The smallest absolute Gasteiger partial charge is 0.233 e. The Hall–Kier alpha value is -2.74. The Morgan fingerprint density at radius 1 is 1.21 bits per heavy atom. The maximum Gasteiger partial charge on any atom is 0.233 e. The maximum absolute atomic E-state index is 12.9. The van der Waals surface area contributed by atoms with E-state index in [2.05, 4.69) is 20.8 Å². The van der Waals surface area contributed by atoms with Gasteiger partial charge in [-0.15, -0.1) is 5.10 Å². The zero-order valence-electron chi connectivity index (χ0n) is 16.0. The molecule has 3 rings (SSSR count). The molecule has 28 heavy (non-hydrogen) atoms. The van der Waals surface area contributed by atoms with Gasteiger partial charge in [0, 0.05) is 6.54 Å². The molecule has 0 spiro atoms. The van der Waals surface area contributed by atoms with E-state index >= 15 is 0 Å². The highest BCUT2D eigenvalue weighted by Crippen LogP contribution is 2.25. The van der Waals surface area contributed by atoms with E-state index in [0.717, 1.165) is 22.4 Å². The lowest BCUT2D eigenvalue weighted by molar-refractivity contribution is -0.120. The fraction of sp³-hybridized carbons (Fsp3) is 0.300. The number of halogens is 1. The summed E-state index contributed by atoms with van der Waals surface area (Å²) in [5.41, 5.74) is 4.11. The van der Waals surface area contributed by atoms with Crippen molar-refractivity contribution in [3.8, 4) is 5.69 Å². The third-order valence-electron chi connectivity index (χ3n) is 4.52. The monoisotopic (exact) mass is 399 g/mol. The summed E-state index contributed by atoms with van der Waals surface area (Å²) in [7, 11) is 0. The molecule has 1 N–H and O–H groups in total. The second kappa shape index (κ2) is 8.97. The van der Waals surface area contributed by atoms with Gasteiger partial charge < -0.3 is 5.32 Å². The van der Waals surface area contributed by atoms with Crippen LogP contribution < -0.4 is 5.32 Å². The first-order chi connectivity index (χ1) is 13.5. The summed E-state index contributed by atoms with van der Waals surface area (Å²) in [6, 6.07) is 12.2. The van der Waals surface area contributed by atoms with E-state index in [-0.39, 0.29) is 17.0 Å². The molecular formula is C20H22FN5OS. The molecule has 1 heterocycles. The fourth-order valence-electron chi connectivity index (χ4n) is 2.71. The average molecular weight is 399 g/mol. The number of aromatic nitrogens is 4. The lowest BCUT2D eigenvalue weighted by Crippen LogP contribution is -2.32. The molecule has 1 atom stereocenters. The number of amides is 1. The number of thioether (sulfide) groups is 1. The second-order valence-electron chi connectivity index (χ2n) is 6.52. The molecule has 0 saturated carbocycles. The number of benzene rings is 2. The Balaban J connectivity index is 1.59. The van der Waals surface area contributed by atoms with Crippen LogP contribution in [0, 0.1) is 19.7 Å². The number of carbonyl (C=O) groups excluding carboxylic acids is 1. The first-order valence-electron chi connectivity index (χ1n) is 8.99. The number of aryl methyl sites for hydroxylation is 1. The first-order valence-corrected chi connectivity index (χ1v) is 9.87. The highest BCUT2D eigenvalue weighted by Gasteiger charge is 2.19. The summed E-state index contributed by atoms with van der Waals surface area (Å²) < 4.78 is 14.6. The van der Waals surface area contributed by atoms with E-state index in [0.29, 0.717) is 18.1 Å². The Kier molecular flexibility index (Phi) is 6.41. The Labute approximate surface area is 167 Å². The summed E-state index contributed by atoms with van der Waals surface area (Å²) >= 11 is 1.31. The lowest BCUT2D eigenvalue weighted by atomic mass is 10.1. The van der Waals surface area contributed by atoms with E-state index < -0.39 is 0 Å². The van der Waals surface area contributed by atoms with Crippen LogP contribution >= 0.6 is 11.8 Å². The van der Waals surface area contributed by atoms with E-state index in [9.17, 15) is 9.18 Å². The van der Waals surface area contributed by atoms with Gasteiger partial charge >= 0.3 is 0 Å². The molecule has 0 aliphatic rings. The molecule has 3 aromatic rings. The number of rotatable bonds is 7. The largest absolute Gasteiger partial charge is 0.355 e. The van der Waals surface area contributed by atoms with Crippen LogP contribution in [0.15, 0.2) is 47.6 Å². The van der Waals surface area contributed by atoms with Gasteiger partial charge in [0.2, 0.25) is 11.1 Å². The lowest BCUT2D eigenvalue weighted by Gasteiger charge is -2.13. The molecule has 0 unspecified atom stereocenters. The number of hydrogen-bond donors (Lipinski definition) is 1. The molecule has 1 aromatic heterocycles. The molecule has 0 bridgehead atoms. The van der Waals surface area contributed by atoms with Crippen LogP contribution in [0.4, 0.5) is 4.39 Å². The SMILES string of the molecule is Cc1cccc(-n2nnnc2S[C@@H](C)C(=O)NCCc2ccc(F)cc2)c1C. The Morgan fingerprint density at radius 2 is 1.96 bits per heavy atom. The first kappa shape index (κ1) is 20.0. The van der Waals surface area contributed by atoms with Gasteiger partial charge in [0.1, 0.15) is 5.82 Å². The standard InChI is InChI=1S/C20H22FN5OS/c1-13-5-4-6-18(14(13)2)26-20(23-24-25-26)28-15(3)19(27)22-12-11-16-7-9-17(21)10-8-16/h4-10,15H,11-12H2,1-3H3,(H,22,27)/t15-/m0/s1. The number of nitrogens with one attached hydrogen (secondary N) is 1. The molecule has 146 valence electrons. The van der Waals surface area contributed by atoms with Crippen LogP contribution in [0.2, 0.25) is 0 Å². The van der Waals surface area contributed by atoms with Crippen LogP contribution in [0.5, 0.6) is 0 Å². The van der Waals surface area contributed by atoms with Crippen molar-refractivity contribution in [3.63, 3.8) is 0 Å². The molecule has 8 heteroatoms. The van der Waals surface area contributed by atoms with Crippen molar-refractivity contribution >= 4 is 17.7 Å². The van der Waals surface area contributed by atoms with Crippen LogP contribution in [0.25, 0.3) is 5.69 Å². The van der Waals surface area contributed by atoms with E-state index in [4.69, 9.17) is 0 Å². The summed E-state index contributed by atoms with van der Waals surface area (Å²) in [6.45, 7) is 6.36. The van der Waals surface area contributed by atoms with E-state index in [1.165, 1.54) is 23.9 Å². The summed E-state index contributed by atoms with van der Waals surface area (Å²) in [5.74, 6) is -0.359. The van der Waals surface area contributed by atoms with Gasteiger partial charge in [0.25, 0.3) is 0 Å². The van der Waals surface area contributed by atoms with Crippen molar-refractivity contribution in [1.82, 2.24) is 25.5 Å². The fourth-order valence-corrected chi connectivity index (χ4v) is 3.53. The normalized spacial score (nSPS) is 12.0. The third-order valence-corrected chi connectivity index (χ3v) is 5.56. The molecule has 0 aliphatic heterocycles. The van der Waals surface area contributed by atoms with E-state index in [1.54, 1.807) is 16.8 Å². The minimum atomic E-state index is -0.358. The molecule has 0 aliphatic carbocycles. The van der Waals surface area contributed by atoms with Crippen LogP contribution in [-0.2, 0) is 11.2 Å². The topological polar surface area (TPSA) is 72.7 Å². The molecule has 2 aromatic carbocycles. The molecule has 0 fully saturated rings. The third kappa shape index (κ3) is 4.75. The summed E-state index contributed by atoms with van der Waals surface area (Å²) in [6.07, 6.45) is 0.642. The van der Waals surface area contributed by atoms with Crippen molar-refractivity contribution in [2.75, 3.05) is 6.54 Å². The van der Waals surface area contributed by atoms with Crippen LogP contribution in [0.1, 0.15) is 23.6 Å². The molecule has 0 saturated heterocycles. The van der Waals surface area contributed by atoms with Crippen molar-refractivity contribution in [2.24, 2.45) is 0 Å². The van der Waals surface area contributed by atoms with Gasteiger partial charge in [-0.3, -0.25) is 4.79 Å². The van der Waals surface area contributed by atoms with Crippen molar-refractivity contribution in [1.29, 1.82) is 0 Å². The number of tetrazole rings is 1. The highest BCUT2D eigenvalue weighted by molar-refractivity contribution is 8.00. The molecule has 6 nitrogen and oxygen atoms in total. The van der Waals surface area contributed by atoms with Crippen LogP contribution in [-0.4, -0.2) is 37.9 Å².